The van der Waals surface area contributed by atoms with E-state index in [2.05, 4.69) is 10.6 Å². The van der Waals surface area contributed by atoms with E-state index in [9.17, 15) is 9.59 Å². The number of benzene rings is 1. The number of hydrogen-bond donors (Lipinski definition) is 2. The van der Waals surface area contributed by atoms with Gasteiger partial charge in [-0.25, -0.2) is 0 Å². The number of nitrogens with zero attached hydrogens (tertiary/aromatic N) is 1. The molecule has 2 amide bonds. The summed E-state index contributed by atoms with van der Waals surface area (Å²) < 4.78 is 0. The SMILES string of the molecule is CNCC1CCCN(C(=O)c2ccc(CNC(=O)c3cccs3)cc2)C1.Cl. The number of piperidine rings is 1. The predicted molar refractivity (Wildman–Crippen MR) is 112 cm³/mol. The molecule has 5 nitrogen and oxygen atoms in total. The summed E-state index contributed by atoms with van der Waals surface area (Å²) in [5, 5.41) is 7.99. The number of thiophene rings is 1. The van der Waals surface area contributed by atoms with E-state index in [0.717, 1.165) is 31.6 Å². The highest BCUT2D eigenvalue weighted by Crippen LogP contribution is 2.18. The third-order valence-corrected chi connectivity index (χ3v) is 5.57. The van der Waals surface area contributed by atoms with Crippen LogP contribution in [0.15, 0.2) is 41.8 Å². The van der Waals surface area contributed by atoms with Crippen LogP contribution in [0.3, 0.4) is 0 Å². The molecule has 2 heterocycles. The van der Waals surface area contributed by atoms with Crippen molar-refractivity contribution in [3.8, 4) is 0 Å². The van der Waals surface area contributed by atoms with E-state index in [1.54, 1.807) is 0 Å². The van der Waals surface area contributed by atoms with Crippen molar-refractivity contribution in [3.63, 3.8) is 0 Å². The first-order valence-corrected chi connectivity index (χ1v) is 9.90. The molecule has 27 heavy (non-hydrogen) atoms. The molecule has 1 saturated heterocycles. The molecule has 1 aliphatic heterocycles. The molecule has 2 N–H and O–H groups in total. The Morgan fingerprint density at radius 1 is 1.22 bits per heavy atom. The van der Waals surface area contributed by atoms with E-state index in [4.69, 9.17) is 0 Å². The van der Waals surface area contributed by atoms with E-state index in [1.807, 2.05) is 53.7 Å². The van der Waals surface area contributed by atoms with Crippen LogP contribution >= 0.6 is 23.7 Å². The zero-order valence-electron chi connectivity index (χ0n) is 15.4. The summed E-state index contributed by atoms with van der Waals surface area (Å²) in [7, 11) is 1.96. The fraction of sp³-hybridized carbons (Fsp3) is 0.400. The van der Waals surface area contributed by atoms with Gasteiger partial charge in [0, 0.05) is 25.2 Å². The van der Waals surface area contributed by atoms with E-state index >= 15 is 0 Å². The second kappa shape index (κ2) is 10.4. The number of halogens is 1. The highest BCUT2D eigenvalue weighted by atomic mass is 35.5. The van der Waals surface area contributed by atoms with Crippen LogP contribution in [0, 0.1) is 5.92 Å². The van der Waals surface area contributed by atoms with Gasteiger partial charge in [-0.2, -0.15) is 0 Å². The van der Waals surface area contributed by atoms with Crippen LogP contribution < -0.4 is 10.6 Å². The minimum Gasteiger partial charge on any atom is -0.347 e. The number of likely N-dealkylation sites (tertiary alicyclic amines) is 1. The zero-order valence-corrected chi connectivity index (χ0v) is 17.1. The first-order chi connectivity index (χ1) is 12.7. The van der Waals surface area contributed by atoms with Gasteiger partial charge in [-0.05, 0) is 61.5 Å². The standard InChI is InChI=1S/C20H25N3O2S.ClH/c1-21-12-16-4-2-10-23(14-16)20(25)17-8-6-15(7-9-17)13-22-19(24)18-5-3-11-26-18;/h3,5-9,11,16,21H,2,4,10,12-14H2,1H3,(H,22,24);1H. The minimum absolute atomic E-state index is 0. The maximum Gasteiger partial charge on any atom is 0.261 e. The number of rotatable bonds is 6. The molecule has 0 bridgehead atoms. The van der Waals surface area contributed by atoms with E-state index in [1.165, 1.54) is 17.8 Å². The average molecular weight is 408 g/mol. The topological polar surface area (TPSA) is 61.4 Å². The average Bonchev–Trinajstić information content (AvgIpc) is 3.21. The quantitative estimate of drug-likeness (QED) is 0.773. The first kappa shape index (κ1) is 21.4. The Bertz CT molecular complexity index is 732. The Labute approximate surface area is 170 Å². The molecule has 3 rings (SSSR count). The number of hydrogen-bond acceptors (Lipinski definition) is 4. The third-order valence-electron chi connectivity index (χ3n) is 4.70. The van der Waals surface area contributed by atoms with Gasteiger partial charge in [-0.15, -0.1) is 23.7 Å². The highest BCUT2D eigenvalue weighted by molar-refractivity contribution is 7.12. The summed E-state index contributed by atoms with van der Waals surface area (Å²) in [4.78, 5) is 27.4. The molecule has 0 saturated carbocycles. The molecule has 1 aliphatic rings. The second-order valence-electron chi connectivity index (χ2n) is 6.67. The molecule has 0 spiro atoms. The molecule has 1 atom stereocenters. The van der Waals surface area contributed by atoms with Crippen LogP contribution in [-0.4, -0.2) is 43.4 Å². The molecule has 146 valence electrons. The van der Waals surface area contributed by atoms with Gasteiger partial charge >= 0.3 is 0 Å². The van der Waals surface area contributed by atoms with E-state index in [0.29, 0.717) is 22.9 Å². The van der Waals surface area contributed by atoms with E-state index in [-0.39, 0.29) is 24.2 Å². The van der Waals surface area contributed by atoms with Crippen LogP contribution in [0.5, 0.6) is 0 Å². The summed E-state index contributed by atoms with van der Waals surface area (Å²) >= 11 is 1.43. The molecule has 7 heteroatoms. The summed E-state index contributed by atoms with van der Waals surface area (Å²) in [6.45, 7) is 3.06. The fourth-order valence-corrected chi connectivity index (χ4v) is 3.97. The maximum atomic E-state index is 12.7. The molecule has 2 aromatic rings. The van der Waals surface area contributed by atoms with Crippen LogP contribution in [0.25, 0.3) is 0 Å². The number of nitrogens with one attached hydrogen (secondary N) is 2. The monoisotopic (exact) mass is 407 g/mol. The lowest BCUT2D eigenvalue weighted by Crippen LogP contribution is -2.42. The first-order valence-electron chi connectivity index (χ1n) is 9.02. The molecule has 1 aromatic heterocycles. The summed E-state index contributed by atoms with van der Waals surface area (Å²) in [6, 6.07) is 11.2. The Morgan fingerprint density at radius 3 is 2.67 bits per heavy atom. The van der Waals surface area contributed by atoms with E-state index < -0.39 is 0 Å². The van der Waals surface area contributed by atoms with Gasteiger partial charge in [0.1, 0.15) is 0 Å². The summed E-state index contributed by atoms with van der Waals surface area (Å²) in [5.74, 6) is 0.563. The molecular weight excluding hydrogens is 382 g/mol. The van der Waals surface area contributed by atoms with Gasteiger partial charge in [0.15, 0.2) is 0 Å². The molecule has 1 unspecified atom stereocenters. The molecule has 1 aromatic carbocycles. The van der Waals surface area contributed by atoms with Crippen molar-refractivity contribution in [1.29, 1.82) is 0 Å². The van der Waals surface area contributed by atoms with Crippen molar-refractivity contribution in [2.45, 2.75) is 19.4 Å². The Hall–Kier alpha value is -1.89. The molecule has 0 aliphatic carbocycles. The van der Waals surface area contributed by atoms with Gasteiger partial charge in [0.2, 0.25) is 0 Å². The largest absolute Gasteiger partial charge is 0.347 e. The van der Waals surface area contributed by atoms with Crippen molar-refractivity contribution in [1.82, 2.24) is 15.5 Å². The predicted octanol–water partition coefficient (Wildman–Crippen LogP) is 3.17. The number of carbonyl (C=O) groups excluding carboxylic acids is 2. The van der Waals surface area contributed by atoms with Gasteiger partial charge in [0.05, 0.1) is 4.88 Å². The lowest BCUT2D eigenvalue weighted by Gasteiger charge is -2.32. The lowest BCUT2D eigenvalue weighted by atomic mass is 9.97. The Balaban J connectivity index is 0.00000261. The molecule has 1 fully saturated rings. The fourth-order valence-electron chi connectivity index (χ4n) is 3.33. The molecular formula is C20H26ClN3O2S. The summed E-state index contributed by atoms with van der Waals surface area (Å²) in [5.41, 5.74) is 1.70. The van der Waals surface area contributed by atoms with Crippen LogP contribution in [0.2, 0.25) is 0 Å². The number of amides is 2. The van der Waals surface area contributed by atoms with Crippen molar-refractivity contribution in [3.05, 3.63) is 57.8 Å². The third kappa shape index (κ3) is 5.79. The maximum absolute atomic E-state index is 12.7. The van der Waals surface area contributed by atoms with Gasteiger partial charge in [-0.1, -0.05) is 18.2 Å². The molecule has 0 radical (unpaired) electrons. The van der Waals surface area contributed by atoms with Crippen LogP contribution in [0.1, 0.15) is 38.4 Å². The zero-order chi connectivity index (χ0) is 18.4. The normalized spacial score (nSPS) is 16.5. The Kier molecular flexibility index (Phi) is 8.28. The lowest BCUT2D eigenvalue weighted by molar-refractivity contribution is 0.0674. The minimum atomic E-state index is -0.0657. The highest BCUT2D eigenvalue weighted by Gasteiger charge is 2.23. The number of carbonyl (C=O) groups is 2. The van der Waals surface area contributed by atoms with Crippen molar-refractivity contribution in [2.24, 2.45) is 5.92 Å². The van der Waals surface area contributed by atoms with Gasteiger partial charge < -0.3 is 15.5 Å². The Morgan fingerprint density at radius 2 is 2.00 bits per heavy atom. The van der Waals surface area contributed by atoms with Crippen molar-refractivity contribution in [2.75, 3.05) is 26.7 Å². The second-order valence-corrected chi connectivity index (χ2v) is 7.62. The van der Waals surface area contributed by atoms with Crippen LogP contribution in [-0.2, 0) is 6.54 Å². The smallest absolute Gasteiger partial charge is 0.261 e. The van der Waals surface area contributed by atoms with Crippen molar-refractivity contribution >= 4 is 35.6 Å². The summed E-state index contributed by atoms with van der Waals surface area (Å²) in [6.07, 6.45) is 2.23. The van der Waals surface area contributed by atoms with Gasteiger partial charge in [-0.3, -0.25) is 9.59 Å². The van der Waals surface area contributed by atoms with Gasteiger partial charge in [0.25, 0.3) is 11.8 Å². The van der Waals surface area contributed by atoms with Crippen molar-refractivity contribution < 1.29 is 9.59 Å². The van der Waals surface area contributed by atoms with Crippen LogP contribution in [0.4, 0.5) is 0 Å².